The largest absolute Gasteiger partial charge is 0.373 e. The summed E-state index contributed by atoms with van der Waals surface area (Å²) in [6.07, 6.45) is 0.197. The van der Waals surface area contributed by atoms with E-state index in [1.807, 2.05) is 24.3 Å². The molecule has 1 aromatic rings. The number of nitrogens with one attached hydrogen (secondary N) is 1. The monoisotopic (exact) mass is 359 g/mol. The third kappa shape index (κ3) is 2.64. The van der Waals surface area contributed by atoms with Gasteiger partial charge in [0.1, 0.15) is 6.04 Å². The fourth-order valence-electron chi connectivity index (χ4n) is 1.90. The smallest absolute Gasteiger partial charge is 0.266 e. The van der Waals surface area contributed by atoms with Gasteiger partial charge in [0.15, 0.2) is 0 Å². The Morgan fingerprint density at radius 3 is 2.39 bits per heavy atom. The van der Waals surface area contributed by atoms with Crippen LogP contribution in [0.15, 0.2) is 24.3 Å². The molecule has 1 unspecified atom stereocenters. The molecule has 6 heteroatoms. The number of carbonyl (C=O) groups is 2. The topological polar surface area (TPSA) is 52.6 Å². The van der Waals surface area contributed by atoms with Gasteiger partial charge in [-0.3, -0.25) is 9.59 Å². The average Bonchev–Trinajstić information content (AvgIpc) is 2.57. The highest BCUT2D eigenvalue weighted by Gasteiger charge is 2.39. The molecule has 5 nitrogen and oxygen atoms in total. The van der Waals surface area contributed by atoms with Gasteiger partial charge in [-0.2, -0.15) is 0 Å². The van der Waals surface area contributed by atoms with Gasteiger partial charge in [-0.1, -0.05) is 0 Å². The van der Waals surface area contributed by atoms with Gasteiger partial charge in [0.05, 0.1) is 6.42 Å². The highest BCUT2D eigenvalue weighted by Crippen LogP contribution is 2.19. The van der Waals surface area contributed by atoms with Crippen LogP contribution in [0.4, 0.5) is 5.69 Å². The van der Waals surface area contributed by atoms with Crippen LogP contribution >= 0.6 is 22.6 Å². The first kappa shape index (κ1) is 13.3. The van der Waals surface area contributed by atoms with Crippen LogP contribution in [-0.4, -0.2) is 42.0 Å². The van der Waals surface area contributed by atoms with Crippen molar-refractivity contribution in [3.63, 3.8) is 0 Å². The molecule has 18 heavy (non-hydrogen) atoms. The summed E-state index contributed by atoms with van der Waals surface area (Å²) in [7, 11) is 3.37. The summed E-state index contributed by atoms with van der Waals surface area (Å²) < 4.78 is 1.13. The summed E-state index contributed by atoms with van der Waals surface area (Å²) in [6.45, 7) is 0. The molecule has 1 fully saturated rings. The van der Waals surface area contributed by atoms with E-state index in [1.165, 1.54) is 10.0 Å². The molecule has 2 amide bonds. The average molecular weight is 359 g/mol. The zero-order valence-corrected chi connectivity index (χ0v) is 12.3. The number of benzene rings is 1. The van der Waals surface area contributed by atoms with Crippen molar-refractivity contribution >= 4 is 40.1 Å². The summed E-state index contributed by atoms with van der Waals surface area (Å²) in [5.41, 5.74) is 0.849. The van der Waals surface area contributed by atoms with Crippen LogP contribution in [0.3, 0.4) is 0 Å². The molecule has 1 saturated heterocycles. The number of amides is 2. The summed E-state index contributed by atoms with van der Waals surface area (Å²) in [6, 6.07) is 7.23. The first-order chi connectivity index (χ1) is 8.49. The lowest BCUT2D eigenvalue weighted by atomic mass is 10.2. The number of anilines is 1. The maximum absolute atomic E-state index is 12.0. The number of hydrogen-bond donors (Lipinski definition) is 1. The summed E-state index contributed by atoms with van der Waals surface area (Å²) in [5.74, 6) is -0.378. The zero-order valence-electron chi connectivity index (χ0n) is 10.2. The number of nitrogens with zero attached hydrogens (tertiary/aromatic N) is 2. The van der Waals surface area contributed by atoms with Gasteiger partial charge in [-0.05, 0) is 46.9 Å². The molecule has 1 aromatic carbocycles. The van der Waals surface area contributed by atoms with Crippen molar-refractivity contribution in [1.29, 1.82) is 0 Å². The maximum atomic E-state index is 12.0. The van der Waals surface area contributed by atoms with E-state index >= 15 is 0 Å². The number of halogens is 1. The second-order valence-corrected chi connectivity index (χ2v) is 5.54. The molecule has 1 aliphatic heterocycles. The van der Waals surface area contributed by atoms with Crippen LogP contribution in [0, 0.1) is 3.57 Å². The summed E-state index contributed by atoms with van der Waals surface area (Å²) >= 11 is 2.22. The van der Waals surface area contributed by atoms with E-state index in [4.69, 9.17) is 0 Å². The van der Waals surface area contributed by atoms with Crippen molar-refractivity contribution in [2.75, 3.05) is 19.4 Å². The lowest BCUT2D eigenvalue weighted by molar-refractivity contribution is -0.152. The molecule has 0 radical (unpaired) electrons. The highest BCUT2D eigenvalue weighted by molar-refractivity contribution is 14.1. The van der Waals surface area contributed by atoms with E-state index in [-0.39, 0.29) is 18.2 Å². The Morgan fingerprint density at radius 1 is 1.28 bits per heavy atom. The molecule has 1 atom stereocenters. The SMILES string of the molecule is CN(C)N1C(=O)CC(Nc2ccc(I)cc2)C1=O. The van der Waals surface area contributed by atoms with Gasteiger partial charge in [0, 0.05) is 23.4 Å². The fourth-order valence-corrected chi connectivity index (χ4v) is 2.26. The van der Waals surface area contributed by atoms with E-state index in [0.29, 0.717) is 0 Å². The van der Waals surface area contributed by atoms with Gasteiger partial charge in [-0.25, -0.2) is 10.0 Å². The van der Waals surface area contributed by atoms with Crippen molar-refractivity contribution in [2.24, 2.45) is 0 Å². The summed E-state index contributed by atoms with van der Waals surface area (Å²) in [4.78, 5) is 23.7. The normalized spacial score (nSPS) is 19.8. The van der Waals surface area contributed by atoms with Crippen molar-refractivity contribution in [3.05, 3.63) is 27.8 Å². The van der Waals surface area contributed by atoms with E-state index in [1.54, 1.807) is 14.1 Å². The quantitative estimate of drug-likeness (QED) is 0.653. The Kier molecular flexibility index (Phi) is 3.86. The number of rotatable bonds is 3. The van der Waals surface area contributed by atoms with Crippen LogP contribution in [0.1, 0.15) is 6.42 Å². The van der Waals surface area contributed by atoms with Gasteiger partial charge in [0.2, 0.25) is 5.91 Å². The van der Waals surface area contributed by atoms with Gasteiger partial charge < -0.3 is 5.32 Å². The van der Waals surface area contributed by atoms with Gasteiger partial charge >= 0.3 is 0 Å². The molecule has 0 aromatic heterocycles. The van der Waals surface area contributed by atoms with Crippen molar-refractivity contribution in [3.8, 4) is 0 Å². The van der Waals surface area contributed by atoms with E-state index in [2.05, 4.69) is 27.9 Å². The van der Waals surface area contributed by atoms with Crippen molar-refractivity contribution in [2.45, 2.75) is 12.5 Å². The number of carbonyl (C=O) groups excluding carboxylic acids is 2. The molecule has 0 aliphatic carbocycles. The molecule has 96 valence electrons. The highest BCUT2D eigenvalue weighted by atomic mass is 127. The Labute approximate surface area is 119 Å². The van der Waals surface area contributed by atoms with Gasteiger partial charge in [-0.15, -0.1) is 0 Å². The molecule has 0 bridgehead atoms. The predicted octanol–water partition coefficient (Wildman–Crippen LogP) is 1.31. The van der Waals surface area contributed by atoms with Gasteiger partial charge in [0.25, 0.3) is 5.91 Å². The van der Waals surface area contributed by atoms with Crippen LogP contribution in [0.25, 0.3) is 0 Å². The van der Waals surface area contributed by atoms with Crippen LogP contribution in [-0.2, 0) is 9.59 Å². The molecular formula is C12H14IN3O2. The lowest BCUT2D eigenvalue weighted by Gasteiger charge is -2.22. The lowest BCUT2D eigenvalue weighted by Crippen LogP contribution is -2.43. The standard InChI is InChI=1S/C12H14IN3O2/c1-15(2)16-11(17)7-10(12(16)18)14-9-5-3-8(13)4-6-9/h3-6,10,14H,7H2,1-2H3. The molecular weight excluding hydrogens is 345 g/mol. The van der Waals surface area contributed by atoms with E-state index < -0.39 is 6.04 Å². The Bertz CT molecular complexity index is 473. The first-order valence-electron chi connectivity index (χ1n) is 5.55. The minimum absolute atomic E-state index is 0.173. The molecule has 1 heterocycles. The minimum Gasteiger partial charge on any atom is -0.373 e. The van der Waals surface area contributed by atoms with Crippen molar-refractivity contribution < 1.29 is 9.59 Å². The first-order valence-corrected chi connectivity index (χ1v) is 6.63. The Hall–Kier alpha value is -1.15. The molecule has 0 saturated carbocycles. The maximum Gasteiger partial charge on any atom is 0.266 e. The summed E-state index contributed by atoms with van der Waals surface area (Å²) in [5, 5.41) is 5.78. The fraction of sp³-hybridized carbons (Fsp3) is 0.333. The molecule has 1 N–H and O–H groups in total. The third-order valence-electron chi connectivity index (χ3n) is 2.71. The predicted molar refractivity (Wildman–Crippen MR) is 76.7 cm³/mol. The second-order valence-electron chi connectivity index (χ2n) is 4.30. The van der Waals surface area contributed by atoms with Crippen LogP contribution in [0.5, 0.6) is 0 Å². The number of hydrogen-bond acceptors (Lipinski definition) is 4. The van der Waals surface area contributed by atoms with Crippen LogP contribution < -0.4 is 5.32 Å². The Morgan fingerprint density at radius 2 is 1.89 bits per heavy atom. The minimum atomic E-state index is -0.472. The van der Waals surface area contributed by atoms with Crippen LogP contribution in [0.2, 0.25) is 0 Å². The van der Waals surface area contributed by atoms with E-state index in [9.17, 15) is 9.59 Å². The zero-order chi connectivity index (χ0) is 13.3. The Balaban J connectivity index is 2.10. The second kappa shape index (κ2) is 5.23. The van der Waals surface area contributed by atoms with E-state index in [0.717, 1.165) is 9.26 Å². The number of hydrazine groups is 1. The molecule has 1 aliphatic rings. The molecule has 2 rings (SSSR count). The van der Waals surface area contributed by atoms with Crippen molar-refractivity contribution in [1.82, 2.24) is 10.0 Å². The number of imide groups is 1. The molecule has 0 spiro atoms. The third-order valence-corrected chi connectivity index (χ3v) is 3.43.